The molecule has 4 heterocycles. The molecule has 2 saturated heterocycles. The van der Waals surface area contributed by atoms with E-state index in [0.29, 0.717) is 14.9 Å². The molecule has 0 saturated carbocycles. The number of amides is 1. The average Bonchev–Trinajstić information content (AvgIpc) is 3.40. The van der Waals surface area contributed by atoms with E-state index in [2.05, 4.69) is 51.3 Å². The Balaban J connectivity index is 1.33. The number of hydrogen-bond acceptors (Lipinski definition) is 7. The molecular formula is C25H28N6OS2. The Kier molecular flexibility index (Phi) is 7.05. The Labute approximate surface area is 209 Å². The molecule has 3 aromatic rings. The molecule has 176 valence electrons. The van der Waals surface area contributed by atoms with Crippen molar-refractivity contribution in [3.05, 3.63) is 58.9 Å². The van der Waals surface area contributed by atoms with Gasteiger partial charge in [-0.3, -0.25) is 14.3 Å². The molecule has 2 aliphatic rings. The van der Waals surface area contributed by atoms with Crippen molar-refractivity contribution in [2.75, 3.05) is 32.7 Å². The number of carbonyl (C=O) groups excluding carboxylic acids is 1. The number of fused-ring (bicyclic) bond motifs is 1. The fourth-order valence-electron chi connectivity index (χ4n) is 4.35. The Morgan fingerprint density at radius 3 is 2.74 bits per heavy atom. The molecule has 0 unspecified atom stereocenters. The molecule has 5 rings (SSSR count). The van der Waals surface area contributed by atoms with Gasteiger partial charge in [0.2, 0.25) is 0 Å². The highest BCUT2D eigenvalue weighted by molar-refractivity contribution is 8.26. The van der Waals surface area contributed by atoms with E-state index < -0.39 is 0 Å². The predicted octanol–water partition coefficient (Wildman–Crippen LogP) is 3.83. The number of unbranched alkanes of at least 4 members (excludes halogenated alkanes) is 1. The first-order valence-electron chi connectivity index (χ1n) is 11.7. The van der Waals surface area contributed by atoms with E-state index >= 15 is 0 Å². The van der Waals surface area contributed by atoms with Crippen LogP contribution in [0, 0.1) is 0 Å². The summed E-state index contributed by atoms with van der Waals surface area (Å²) in [6, 6.07) is 12.4. The van der Waals surface area contributed by atoms with Crippen LogP contribution in [-0.2, 0) is 11.3 Å². The summed E-state index contributed by atoms with van der Waals surface area (Å²) < 4.78 is 2.48. The second kappa shape index (κ2) is 10.4. The van der Waals surface area contributed by atoms with E-state index in [9.17, 15) is 4.79 Å². The first-order chi connectivity index (χ1) is 16.6. The van der Waals surface area contributed by atoms with Crippen molar-refractivity contribution >= 4 is 51.4 Å². The second-order valence-corrected chi connectivity index (χ2v) is 10.4. The monoisotopic (exact) mass is 492 g/mol. The third-order valence-electron chi connectivity index (χ3n) is 6.23. The number of imidazole rings is 1. The van der Waals surface area contributed by atoms with Gasteiger partial charge in [-0.25, -0.2) is 9.97 Å². The van der Waals surface area contributed by atoms with Crippen molar-refractivity contribution in [1.29, 1.82) is 0 Å². The lowest BCUT2D eigenvalue weighted by Crippen LogP contribution is -2.46. The van der Waals surface area contributed by atoms with Crippen LogP contribution in [0.2, 0.25) is 0 Å². The van der Waals surface area contributed by atoms with Gasteiger partial charge in [-0.15, -0.1) is 0 Å². The molecule has 2 aromatic heterocycles. The molecule has 34 heavy (non-hydrogen) atoms. The highest BCUT2D eigenvalue weighted by Gasteiger charge is 2.22. The Morgan fingerprint density at radius 1 is 1.15 bits per heavy atom. The summed E-state index contributed by atoms with van der Waals surface area (Å²) in [6.07, 6.45) is 6.12. The third-order valence-corrected chi connectivity index (χ3v) is 7.39. The van der Waals surface area contributed by atoms with Crippen LogP contribution in [0.15, 0.2) is 47.6 Å². The zero-order valence-electron chi connectivity index (χ0n) is 19.2. The molecular weight excluding hydrogens is 464 g/mol. The molecule has 0 radical (unpaired) electrons. The van der Waals surface area contributed by atoms with Crippen LogP contribution in [-0.4, -0.2) is 67.3 Å². The zero-order valence-corrected chi connectivity index (χ0v) is 20.9. The molecule has 1 aromatic carbocycles. The molecule has 2 fully saturated rings. The van der Waals surface area contributed by atoms with Gasteiger partial charge in [0.1, 0.15) is 16.2 Å². The number of piperazine rings is 1. The number of rotatable bonds is 7. The average molecular weight is 493 g/mol. The Bertz CT molecular complexity index is 1250. The summed E-state index contributed by atoms with van der Waals surface area (Å²) in [5, 5.41) is 2.64. The van der Waals surface area contributed by atoms with E-state index in [0.717, 1.165) is 49.6 Å². The van der Waals surface area contributed by atoms with Crippen LogP contribution in [0.3, 0.4) is 0 Å². The Hall–Kier alpha value is -2.59. The fraction of sp³-hybridized carbons (Fsp3) is 0.360. The second-order valence-electron chi connectivity index (χ2n) is 8.69. The molecule has 1 amide bonds. The molecule has 7 nitrogen and oxygen atoms in total. The number of pyridine rings is 1. The number of benzene rings is 1. The summed E-state index contributed by atoms with van der Waals surface area (Å²) in [5.41, 5.74) is 4.60. The summed E-state index contributed by atoms with van der Waals surface area (Å²) in [6.45, 7) is 8.93. The molecule has 0 atom stereocenters. The number of hydrogen-bond donors (Lipinski definition) is 1. The van der Waals surface area contributed by atoms with Gasteiger partial charge in [0.25, 0.3) is 5.91 Å². The highest BCUT2D eigenvalue weighted by atomic mass is 32.2. The van der Waals surface area contributed by atoms with Crippen LogP contribution in [0.25, 0.3) is 22.9 Å². The number of aromatic nitrogens is 3. The van der Waals surface area contributed by atoms with Crippen LogP contribution in [0.1, 0.15) is 31.0 Å². The number of nitrogens with one attached hydrogen (secondary N) is 1. The van der Waals surface area contributed by atoms with Crippen molar-refractivity contribution in [3.63, 3.8) is 0 Å². The summed E-state index contributed by atoms with van der Waals surface area (Å²) >= 11 is 6.34. The summed E-state index contributed by atoms with van der Waals surface area (Å²) in [4.78, 5) is 27.0. The Morgan fingerprint density at radius 2 is 1.97 bits per heavy atom. The van der Waals surface area contributed by atoms with Crippen LogP contribution in [0.5, 0.6) is 0 Å². The van der Waals surface area contributed by atoms with E-state index in [4.69, 9.17) is 17.2 Å². The summed E-state index contributed by atoms with van der Waals surface area (Å²) in [5.74, 6) is -0.177. The highest BCUT2D eigenvalue weighted by Crippen LogP contribution is 2.26. The van der Waals surface area contributed by atoms with E-state index in [1.807, 2.05) is 23.0 Å². The number of thioether (sulfide) groups is 1. The summed E-state index contributed by atoms with van der Waals surface area (Å²) in [7, 11) is 0. The lowest BCUT2D eigenvalue weighted by molar-refractivity contribution is -0.115. The van der Waals surface area contributed by atoms with Gasteiger partial charge in [0, 0.05) is 38.4 Å². The molecule has 2 aliphatic heterocycles. The first-order valence-corrected chi connectivity index (χ1v) is 12.9. The van der Waals surface area contributed by atoms with E-state index in [1.165, 1.54) is 36.7 Å². The van der Waals surface area contributed by atoms with Crippen LogP contribution < -0.4 is 5.32 Å². The van der Waals surface area contributed by atoms with Gasteiger partial charge in [0.15, 0.2) is 5.65 Å². The molecule has 0 spiro atoms. The van der Waals surface area contributed by atoms with Gasteiger partial charge in [-0.2, -0.15) is 0 Å². The van der Waals surface area contributed by atoms with Gasteiger partial charge in [-0.1, -0.05) is 49.5 Å². The van der Waals surface area contributed by atoms with Crippen molar-refractivity contribution in [1.82, 2.24) is 29.7 Å². The maximum atomic E-state index is 12.0. The minimum atomic E-state index is -0.177. The van der Waals surface area contributed by atoms with Crippen LogP contribution in [0.4, 0.5) is 0 Å². The number of thiocarbonyl (C=S) groups is 1. The third kappa shape index (κ3) is 5.22. The van der Waals surface area contributed by atoms with Gasteiger partial charge >= 0.3 is 0 Å². The smallest absolute Gasteiger partial charge is 0.263 e. The molecule has 0 bridgehead atoms. The van der Waals surface area contributed by atoms with Crippen LogP contribution >= 0.6 is 24.0 Å². The minimum absolute atomic E-state index is 0.177. The largest absolute Gasteiger partial charge is 0.307 e. The van der Waals surface area contributed by atoms with Crippen molar-refractivity contribution in [3.8, 4) is 5.69 Å². The maximum absolute atomic E-state index is 12.0. The van der Waals surface area contributed by atoms with Crippen molar-refractivity contribution < 1.29 is 4.79 Å². The standard InChI is InChI=1S/C25H28N6OS2/c1-2-3-9-29-10-12-30(13-11-29)16-18-5-4-6-20(14-18)31-17-26-21-8-7-19(27-23(21)31)15-22-24(32)28-25(33)34-22/h4-8,14-15,17H,2-3,9-13,16H2,1H3,(H,28,32,33). The first kappa shape index (κ1) is 23.2. The van der Waals surface area contributed by atoms with Gasteiger partial charge in [-0.05, 0) is 48.9 Å². The van der Waals surface area contributed by atoms with E-state index in [-0.39, 0.29) is 5.91 Å². The zero-order chi connectivity index (χ0) is 23.5. The lowest BCUT2D eigenvalue weighted by atomic mass is 10.1. The molecule has 9 heteroatoms. The number of nitrogens with zero attached hydrogens (tertiary/aromatic N) is 5. The normalized spacial score (nSPS) is 18.8. The van der Waals surface area contributed by atoms with E-state index in [1.54, 1.807) is 6.08 Å². The molecule has 1 N–H and O–H groups in total. The van der Waals surface area contributed by atoms with Crippen molar-refractivity contribution in [2.24, 2.45) is 0 Å². The van der Waals surface area contributed by atoms with Crippen molar-refractivity contribution in [2.45, 2.75) is 26.3 Å². The fourth-order valence-corrected chi connectivity index (χ4v) is 5.38. The maximum Gasteiger partial charge on any atom is 0.263 e. The molecule has 0 aliphatic carbocycles. The topological polar surface area (TPSA) is 66.3 Å². The quantitative estimate of drug-likeness (QED) is 0.397. The number of carbonyl (C=O) groups is 1. The minimum Gasteiger partial charge on any atom is -0.307 e. The SMILES string of the molecule is CCCCN1CCN(Cc2cccc(-n3cnc4ccc(C=C5SC(=S)NC5=O)nc43)c2)CC1. The van der Waals surface area contributed by atoms with Gasteiger partial charge < -0.3 is 10.2 Å². The van der Waals surface area contributed by atoms with Gasteiger partial charge in [0.05, 0.1) is 10.6 Å². The predicted molar refractivity (Wildman–Crippen MR) is 142 cm³/mol. The lowest BCUT2D eigenvalue weighted by Gasteiger charge is -2.34.